The Hall–Kier alpha value is -2.56. The van der Waals surface area contributed by atoms with Crippen molar-refractivity contribution in [1.82, 2.24) is 14.8 Å². The summed E-state index contributed by atoms with van der Waals surface area (Å²) in [6, 6.07) is 16.2. The number of nitrogens with zero attached hydrogens (tertiary/aromatic N) is 3. The Morgan fingerprint density at radius 1 is 1.14 bits per heavy atom. The smallest absolute Gasteiger partial charge is 0.250 e. The van der Waals surface area contributed by atoms with Crippen molar-refractivity contribution in [3.63, 3.8) is 0 Å². The van der Waals surface area contributed by atoms with Crippen molar-refractivity contribution in [2.75, 3.05) is 26.2 Å². The van der Waals surface area contributed by atoms with Gasteiger partial charge in [0.2, 0.25) is 0 Å². The predicted octanol–water partition coefficient (Wildman–Crippen LogP) is 3.39. The highest BCUT2D eigenvalue weighted by Crippen LogP contribution is 2.26. The highest BCUT2D eigenvalue weighted by atomic mass is 16.1. The fraction of sp³-hybridized carbons (Fsp3) is 0.478. The molecule has 1 N–H and O–H groups in total. The molecule has 1 aromatic carbocycles. The van der Waals surface area contributed by atoms with Gasteiger partial charge in [-0.2, -0.15) is 0 Å². The zero-order valence-electron chi connectivity index (χ0n) is 17.1. The van der Waals surface area contributed by atoms with Crippen LogP contribution in [0.1, 0.15) is 43.4 Å². The monoisotopic (exact) mass is 380 g/mol. The Labute approximate surface area is 168 Å². The molecule has 0 bridgehead atoms. The standard InChI is InChI=1S/C23H32N4O/c1-3-24-23(26-17-14-21(18-26)20-11-5-4-6-12-20)25-15-7-8-16-27-19(2)10-9-13-22(27)28/h4-6,9-13,21H,3,7-8,14-18H2,1-2H3,(H,24,25). The lowest BCUT2D eigenvalue weighted by Crippen LogP contribution is -2.40. The molecule has 2 heterocycles. The Morgan fingerprint density at radius 2 is 1.96 bits per heavy atom. The van der Waals surface area contributed by atoms with E-state index in [4.69, 9.17) is 4.99 Å². The first kappa shape index (κ1) is 20.2. The summed E-state index contributed by atoms with van der Waals surface area (Å²) in [4.78, 5) is 19.2. The number of benzene rings is 1. The van der Waals surface area contributed by atoms with E-state index in [1.165, 1.54) is 12.0 Å². The molecule has 0 amide bonds. The van der Waals surface area contributed by atoms with Crippen LogP contribution in [0.25, 0.3) is 0 Å². The average Bonchev–Trinajstić information content (AvgIpc) is 3.19. The summed E-state index contributed by atoms with van der Waals surface area (Å²) in [5, 5.41) is 3.44. The lowest BCUT2D eigenvalue weighted by Gasteiger charge is -2.22. The van der Waals surface area contributed by atoms with E-state index >= 15 is 0 Å². The van der Waals surface area contributed by atoms with Crippen molar-refractivity contribution in [2.24, 2.45) is 4.99 Å². The summed E-state index contributed by atoms with van der Waals surface area (Å²) in [7, 11) is 0. The van der Waals surface area contributed by atoms with Gasteiger partial charge in [-0.15, -0.1) is 0 Å². The van der Waals surface area contributed by atoms with E-state index in [2.05, 4.69) is 47.5 Å². The minimum atomic E-state index is 0.0841. The van der Waals surface area contributed by atoms with Crippen LogP contribution in [0.2, 0.25) is 0 Å². The Morgan fingerprint density at radius 3 is 2.71 bits per heavy atom. The predicted molar refractivity (Wildman–Crippen MR) is 116 cm³/mol. The summed E-state index contributed by atoms with van der Waals surface area (Å²) in [6.07, 6.45) is 3.11. The third-order valence-corrected chi connectivity index (χ3v) is 5.41. The molecule has 1 aromatic heterocycles. The number of aliphatic imine (C=N–C) groups is 1. The van der Waals surface area contributed by atoms with Crippen LogP contribution in [0.5, 0.6) is 0 Å². The number of unbranched alkanes of at least 4 members (excludes halogenated alkanes) is 1. The number of rotatable bonds is 7. The largest absolute Gasteiger partial charge is 0.357 e. The molecule has 3 rings (SSSR count). The molecule has 1 saturated heterocycles. The second kappa shape index (κ2) is 10.1. The Balaban J connectivity index is 1.51. The number of guanidine groups is 1. The van der Waals surface area contributed by atoms with Gasteiger partial charge in [-0.1, -0.05) is 36.4 Å². The maximum absolute atomic E-state index is 11.9. The molecule has 0 radical (unpaired) electrons. The van der Waals surface area contributed by atoms with Crippen molar-refractivity contribution in [1.29, 1.82) is 0 Å². The summed E-state index contributed by atoms with van der Waals surface area (Å²) in [5.41, 5.74) is 2.53. The van der Waals surface area contributed by atoms with Crippen LogP contribution in [-0.2, 0) is 6.54 Å². The van der Waals surface area contributed by atoms with Gasteiger partial charge in [0, 0.05) is 50.4 Å². The van der Waals surface area contributed by atoms with Gasteiger partial charge in [-0.3, -0.25) is 9.79 Å². The Kier molecular flexibility index (Phi) is 7.29. The van der Waals surface area contributed by atoms with E-state index in [-0.39, 0.29) is 5.56 Å². The van der Waals surface area contributed by atoms with Crippen molar-refractivity contribution in [2.45, 2.75) is 45.6 Å². The molecule has 1 aliphatic rings. The maximum atomic E-state index is 11.9. The van der Waals surface area contributed by atoms with Crippen molar-refractivity contribution in [3.05, 3.63) is 70.1 Å². The molecule has 0 spiro atoms. The number of aromatic nitrogens is 1. The van der Waals surface area contributed by atoms with Gasteiger partial charge >= 0.3 is 0 Å². The second-order valence-corrected chi connectivity index (χ2v) is 7.44. The quantitative estimate of drug-likeness (QED) is 0.455. The summed E-state index contributed by atoms with van der Waals surface area (Å²) >= 11 is 0. The zero-order chi connectivity index (χ0) is 19.8. The van der Waals surface area contributed by atoms with Crippen LogP contribution in [-0.4, -0.2) is 41.6 Å². The van der Waals surface area contributed by atoms with Crippen LogP contribution in [0.15, 0.2) is 58.3 Å². The lowest BCUT2D eigenvalue weighted by molar-refractivity contribution is 0.484. The number of nitrogens with one attached hydrogen (secondary N) is 1. The van der Waals surface area contributed by atoms with E-state index in [1.807, 2.05) is 23.6 Å². The number of hydrogen-bond acceptors (Lipinski definition) is 2. The molecular formula is C23H32N4O. The minimum absolute atomic E-state index is 0.0841. The van der Waals surface area contributed by atoms with Crippen molar-refractivity contribution < 1.29 is 0 Å². The fourth-order valence-corrected chi connectivity index (χ4v) is 3.85. The Bertz CT molecular complexity index is 828. The third kappa shape index (κ3) is 5.24. The van der Waals surface area contributed by atoms with Crippen LogP contribution < -0.4 is 10.9 Å². The maximum Gasteiger partial charge on any atom is 0.250 e. The molecule has 5 heteroatoms. The molecule has 1 unspecified atom stereocenters. The normalized spacial score (nSPS) is 17.1. The highest BCUT2D eigenvalue weighted by molar-refractivity contribution is 5.80. The molecule has 1 atom stereocenters. The molecule has 150 valence electrons. The number of pyridine rings is 1. The number of aryl methyl sites for hydroxylation is 1. The van der Waals surface area contributed by atoms with E-state index in [0.717, 1.165) is 57.2 Å². The molecular weight excluding hydrogens is 348 g/mol. The molecule has 1 fully saturated rings. The summed E-state index contributed by atoms with van der Waals surface area (Å²) in [6.45, 7) is 8.60. The number of hydrogen-bond donors (Lipinski definition) is 1. The van der Waals surface area contributed by atoms with Crippen LogP contribution in [0.3, 0.4) is 0 Å². The van der Waals surface area contributed by atoms with E-state index in [0.29, 0.717) is 5.92 Å². The van der Waals surface area contributed by atoms with Crippen molar-refractivity contribution in [3.8, 4) is 0 Å². The molecule has 1 aliphatic heterocycles. The van der Waals surface area contributed by atoms with Gasteiger partial charge in [0.05, 0.1) is 0 Å². The van der Waals surface area contributed by atoms with Crippen LogP contribution >= 0.6 is 0 Å². The topological polar surface area (TPSA) is 49.6 Å². The van der Waals surface area contributed by atoms with Crippen molar-refractivity contribution >= 4 is 5.96 Å². The fourth-order valence-electron chi connectivity index (χ4n) is 3.85. The van der Waals surface area contributed by atoms with E-state index < -0.39 is 0 Å². The average molecular weight is 381 g/mol. The lowest BCUT2D eigenvalue weighted by atomic mass is 9.99. The van der Waals surface area contributed by atoms with Gasteiger partial charge in [-0.05, 0) is 44.7 Å². The zero-order valence-corrected chi connectivity index (χ0v) is 17.1. The number of likely N-dealkylation sites (tertiary alicyclic amines) is 1. The van der Waals surface area contributed by atoms with E-state index in [1.54, 1.807) is 6.07 Å². The summed E-state index contributed by atoms with van der Waals surface area (Å²) < 4.78 is 1.85. The summed E-state index contributed by atoms with van der Waals surface area (Å²) in [5.74, 6) is 1.60. The SMILES string of the molecule is CCNC(=NCCCCn1c(C)cccc1=O)N1CCC(c2ccccc2)C1. The first-order chi connectivity index (χ1) is 13.7. The van der Waals surface area contributed by atoms with Gasteiger partial charge < -0.3 is 14.8 Å². The van der Waals surface area contributed by atoms with Gasteiger partial charge in [0.15, 0.2) is 5.96 Å². The first-order valence-corrected chi connectivity index (χ1v) is 10.4. The second-order valence-electron chi connectivity index (χ2n) is 7.44. The third-order valence-electron chi connectivity index (χ3n) is 5.41. The molecule has 2 aromatic rings. The van der Waals surface area contributed by atoms with Gasteiger partial charge in [0.1, 0.15) is 0 Å². The van der Waals surface area contributed by atoms with E-state index in [9.17, 15) is 4.79 Å². The van der Waals surface area contributed by atoms with Crippen LogP contribution in [0.4, 0.5) is 0 Å². The highest BCUT2D eigenvalue weighted by Gasteiger charge is 2.25. The molecule has 0 aliphatic carbocycles. The first-order valence-electron chi connectivity index (χ1n) is 10.4. The van der Waals surface area contributed by atoms with Gasteiger partial charge in [-0.25, -0.2) is 0 Å². The van der Waals surface area contributed by atoms with Gasteiger partial charge in [0.25, 0.3) is 5.56 Å². The molecule has 0 saturated carbocycles. The minimum Gasteiger partial charge on any atom is -0.357 e. The molecule has 5 nitrogen and oxygen atoms in total. The molecule has 28 heavy (non-hydrogen) atoms. The van der Waals surface area contributed by atoms with Crippen LogP contribution in [0, 0.1) is 6.92 Å².